The lowest BCUT2D eigenvalue weighted by atomic mass is 10.1. The summed E-state index contributed by atoms with van der Waals surface area (Å²) in [6.07, 6.45) is 5.13. The zero-order valence-corrected chi connectivity index (χ0v) is 15.1. The normalized spacial score (nSPS) is 15.1. The summed E-state index contributed by atoms with van der Waals surface area (Å²) in [6, 6.07) is 3.55. The van der Waals surface area contributed by atoms with Crippen molar-refractivity contribution in [2.24, 2.45) is 0 Å². The first-order valence-corrected chi connectivity index (χ1v) is 9.53. The van der Waals surface area contributed by atoms with Gasteiger partial charge in [0, 0.05) is 10.9 Å². The zero-order chi connectivity index (χ0) is 17.6. The molecule has 0 bridgehead atoms. The van der Waals surface area contributed by atoms with E-state index >= 15 is 0 Å². The van der Waals surface area contributed by atoms with E-state index in [1.54, 1.807) is 25.3 Å². The summed E-state index contributed by atoms with van der Waals surface area (Å²) in [5.41, 5.74) is 1.01. The van der Waals surface area contributed by atoms with Crippen LogP contribution in [0.2, 0.25) is 0 Å². The molecule has 1 fully saturated rings. The molecule has 25 heavy (non-hydrogen) atoms. The summed E-state index contributed by atoms with van der Waals surface area (Å²) in [4.78, 5) is 26.1. The minimum absolute atomic E-state index is 0.0738. The van der Waals surface area contributed by atoms with E-state index in [1.807, 2.05) is 5.38 Å². The lowest BCUT2D eigenvalue weighted by molar-refractivity contribution is -0.896. The number of hydrogen-bond donors (Lipinski definition) is 2. The summed E-state index contributed by atoms with van der Waals surface area (Å²) < 4.78 is 10.6. The Bertz CT molecular complexity index is 718. The number of rotatable bonds is 6. The molecule has 0 spiro atoms. The molecule has 0 aromatic carbocycles. The summed E-state index contributed by atoms with van der Waals surface area (Å²) in [5, 5.41) is 5.23. The Kier molecular flexibility index (Phi) is 5.88. The number of furan rings is 1. The third-order valence-corrected chi connectivity index (χ3v) is 5.18. The standard InChI is InChI=1S/C18H22N2O4S/c1-2-23-18(22)16-13(14-7-6-10-24-14)12-25-17(16)19-15(21)11-20-8-4-3-5-9-20/h6-7,10,12H,2-5,8-9,11H2,1H3,(H,19,21)/p+1. The van der Waals surface area contributed by atoms with Gasteiger partial charge in [-0.05, 0) is 38.3 Å². The molecule has 0 aliphatic carbocycles. The predicted molar refractivity (Wildman–Crippen MR) is 96.0 cm³/mol. The number of amides is 1. The van der Waals surface area contributed by atoms with Crippen molar-refractivity contribution < 1.29 is 23.6 Å². The number of carbonyl (C=O) groups excluding carboxylic acids is 2. The Morgan fingerprint density at radius 1 is 1.32 bits per heavy atom. The molecule has 2 aromatic heterocycles. The van der Waals surface area contributed by atoms with E-state index in [-0.39, 0.29) is 12.5 Å². The average molecular weight is 363 g/mol. The molecular formula is C18H23N2O4S+. The van der Waals surface area contributed by atoms with Gasteiger partial charge in [-0.15, -0.1) is 11.3 Å². The van der Waals surface area contributed by atoms with Crippen molar-refractivity contribution in [1.82, 2.24) is 0 Å². The highest BCUT2D eigenvalue weighted by Crippen LogP contribution is 2.36. The van der Waals surface area contributed by atoms with Crippen molar-refractivity contribution in [3.63, 3.8) is 0 Å². The molecule has 2 aromatic rings. The molecule has 0 atom stereocenters. The average Bonchev–Trinajstić information content (AvgIpc) is 3.25. The second-order valence-electron chi connectivity index (χ2n) is 6.09. The van der Waals surface area contributed by atoms with Gasteiger partial charge in [0.25, 0.3) is 5.91 Å². The largest absolute Gasteiger partial charge is 0.464 e. The van der Waals surface area contributed by atoms with Crippen LogP contribution < -0.4 is 10.2 Å². The van der Waals surface area contributed by atoms with Crippen LogP contribution in [-0.2, 0) is 9.53 Å². The smallest absolute Gasteiger partial charge is 0.341 e. The van der Waals surface area contributed by atoms with Gasteiger partial charge >= 0.3 is 5.97 Å². The number of piperidine rings is 1. The molecule has 2 N–H and O–H groups in total. The van der Waals surface area contributed by atoms with E-state index in [4.69, 9.17) is 9.15 Å². The predicted octanol–water partition coefficient (Wildman–Crippen LogP) is 2.19. The van der Waals surface area contributed by atoms with Gasteiger partial charge in [0.05, 0.1) is 26.0 Å². The molecule has 0 unspecified atom stereocenters. The molecular weight excluding hydrogens is 340 g/mol. The van der Waals surface area contributed by atoms with Gasteiger partial charge < -0.3 is 19.4 Å². The van der Waals surface area contributed by atoms with Gasteiger partial charge in [-0.1, -0.05) is 0 Å². The number of ether oxygens (including phenoxy) is 1. The van der Waals surface area contributed by atoms with Crippen molar-refractivity contribution in [3.05, 3.63) is 29.3 Å². The molecule has 6 nitrogen and oxygen atoms in total. The van der Waals surface area contributed by atoms with Crippen molar-refractivity contribution in [3.8, 4) is 11.3 Å². The highest BCUT2D eigenvalue weighted by atomic mass is 32.1. The van der Waals surface area contributed by atoms with Gasteiger partial charge in [0.15, 0.2) is 6.54 Å². The number of hydrogen-bond acceptors (Lipinski definition) is 5. The fourth-order valence-corrected chi connectivity index (χ4v) is 4.05. The number of likely N-dealkylation sites (tertiary alicyclic amines) is 1. The van der Waals surface area contributed by atoms with Crippen molar-refractivity contribution in [2.75, 3.05) is 31.6 Å². The topological polar surface area (TPSA) is 73.0 Å². The first kappa shape index (κ1) is 17.7. The van der Waals surface area contributed by atoms with Crippen LogP contribution in [0.25, 0.3) is 11.3 Å². The number of quaternary nitrogens is 1. The molecule has 1 saturated heterocycles. The van der Waals surface area contributed by atoms with Gasteiger partial charge in [-0.25, -0.2) is 4.79 Å². The van der Waals surface area contributed by atoms with Crippen molar-refractivity contribution >= 4 is 28.2 Å². The van der Waals surface area contributed by atoms with E-state index in [2.05, 4.69) is 5.32 Å². The summed E-state index contributed by atoms with van der Waals surface area (Å²) in [6.45, 7) is 4.52. The van der Waals surface area contributed by atoms with E-state index < -0.39 is 5.97 Å². The molecule has 0 radical (unpaired) electrons. The van der Waals surface area contributed by atoms with Crippen LogP contribution in [0.4, 0.5) is 5.00 Å². The number of anilines is 1. The highest BCUT2D eigenvalue weighted by Gasteiger charge is 2.25. The molecule has 7 heteroatoms. The molecule has 3 rings (SSSR count). The van der Waals surface area contributed by atoms with Crippen LogP contribution in [0.1, 0.15) is 36.5 Å². The highest BCUT2D eigenvalue weighted by molar-refractivity contribution is 7.15. The van der Waals surface area contributed by atoms with E-state index in [0.717, 1.165) is 13.1 Å². The molecule has 1 aliphatic heterocycles. The number of thiophene rings is 1. The maximum atomic E-state index is 12.4. The minimum atomic E-state index is -0.448. The Morgan fingerprint density at radius 2 is 2.12 bits per heavy atom. The van der Waals surface area contributed by atoms with Crippen LogP contribution in [0.5, 0.6) is 0 Å². The van der Waals surface area contributed by atoms with E-state index in [0.29, 0.717) is 28.4 Å². The Morgan fingerprint density at radius 3 is 2.80 bits per heavy atom. The second-order valence-corrected chi connectivity index (χ2v) is 6.97. The molecule has 1 amide bonds. The van der Waals surface area contributed by atoms with Gasteiger partial charge in [0.1, 0.15) is 16.3 Å². The number of nitrogens with one attached hydrogen (secondary N) is 2. The maximum absolute atomic E-state index is 12.4. The third-order valence-electron chi connectivity index (χ3n) is 4.28. The Labute approximate surface area is 150 Å². The lowest BCUT2D eigenvalue weighted by Crippen LogP contribution is -3.13. The van der Waals surface area contributed by atoms with Crippen molar-refractivity contribution in [1.29, 1.82) is 0 Å². The summed E-state index contributed by atoms with van der Waals surface area (Å²) >= 11 is 1.32. The second kappa shape index (κ2) is 8.31. The van der Waals surface area contributed by atoms with Crippen LogP contribution in [0.3, 0.4) is 0 Å². The fourth-order valence-electron chi connectivity index (χ4n) is 3.10. The minimum Gasteiger partial charge on any atom is -0.464 e. The van der Waals surface area contributed by atoms with Gasteiger partial charge in [-0.3, -0.25) is 4.79 Å². The summed E-state index contributed by atoms with van der Waals surface area (Å²) in [7, 11) is 0. The van der Waals surface area contributed by atoms with Crippen LogP contribution in [0, 0.1) is 0 Å². The van der Waals surface area contributed by atoms with Crippen LogP contribution in [0.15, 0.2) is 28.2 Å². The van der Waals surface area contributed by atoms with E-state index in [9.17, 15) is 9.59 Å². The molecule has 134 valence electrons. The first-order valence-electron chi connectivity index (χ1n) is 8.65. The Hall–Kier alpha value is -2.12. The molecule has 3 heterocycles. The van der Waals surface area contributed by atoms with Gasteiger partial charge in [0.2, 0.25) is 0 Å². The number of esters is 1. The SMILES string of the molecule is CCOC(=O)c1c(-c2ccco2)csc1NC(=O)C[NH+]1CCCCC1. The van der Waals surface area contributed by atoms with E-state index in [1.165, 1.54) is 35.5 Å². The lowest BCUT2D eigenvalue weighted by Gasteiger charge is -2.22. The molecule has 1 aliphatic rings. The Balaban J connectivity index is 1.78. The van der Waals surface area contributed by atoms with Crippen LogP contribution in [-0.4, -0.2) is 38.1 Å². The van der Waals surface area contributed by atoms with Gasteiger partial charge in [-0.2, -0.15) is 0 Å². The maximum Gasteiger partial charge on any atom is 0.341 e. The van der Waals surface area contributed by atoms with Crippen LogP contribution >= 0.6 is 11.3 Å². The number of carbonyl (C=O) groups is 2. The summed E-state index contributed by atoms with van der Waals surface area (Å²) in [5.74, 6) is 0.0625. The quantitative estimate of drug-likeness (QED) is 0.772. The fraction of sp³-hybridized carbons (Fsp3) is 0.444. The third kappa shape index (κ3) is 4.29. The first-order chi connectivity index (χ1) is 12.2. The zero-order valence-electron chi connectivity index (χ0n) is 14.3. The monoisotopic (exact) mass is 363 g/mol. The van der Waals surface area contributed by atoms with Crippen molar-refractivity contribution in [2.45, 2.75) is 26.2 Å². The molecule has 0 saturated carbocycles.